The van der Waals surface area contributed by atoms with Crippen LogP contribution in [0.25, 0.3) is 27.0 Å². The lowest BCUT2D eigenvalue weighted by atomic mass is 9.92. The lowest BCUT2D eigenvalue weighted by molar-refractivity contribution is 0.597. The van der Waals surface area contributed by atoms with Gasteiger partial charge in [-0.25, -0.2) is 22.8 Å². The third-order valence-electron chi connectivity index (χ3n) is 5.70. The van der Waals surface area contributed by atoms with Crippen LogP contribution in [0.3, 0.4) is 0 Å². The molecule has 0 amide bonds. The number of aliphatic imine (C=N–C) groups is 1. The van der Waals surface area contributed by atoms with Crippen molar-refractivity contribution in [2.75, 3.05) is 0 Å². The van der Waals surface area contributed by atoms with Crippen LogP contribution in [0.2, 0.25) is 0 Å². The molecule has 0 atom stereocenters. The van der Waals surface area contributed by atoms with Crippen molar-refractivity contribution in [3.8, 4) is 10.6 Å². The number of halogens is 1. The van der Waals surface area contributed by atoms with E-state index in [9.17, 15) is 12.8 Å². The summed E-state index contributed by atoms with van der Waals surface area (Å²) in [5.41, 5.74) is 5.04. The molecule has 1 aliphatic heterocycles. The van der Waals surface area contributed by atoms with E-state index >= 15 is 0 Å². The summed E-state index contributed by atoms with van der Waals surface area (Å²) in [7, 11) is -3.24. The molecule has 158 valence electrons. The summed E-state index contributed by atoms with van der Waals surface area (Å²) in [5.74, 6) is -0.286. The van der Waals surface area contributed by atoms with Crippen LogP contribution in [0.5, 0.6) is 0 Å². The average molecular weight is 462 g/mol. The first kappa shape index (κ1) is 19.5. The Morgan fingerprint density at radius 2 is 1.72 bits per heavy atom. The molecule has 2 aromatic heterocycles. The number of thiophene rings is 1. The summed E-state index contributed by atoms with van der Waals surface area (Å²) in [6, 6.07) is 15.7. The lowest BCUT2D eigenvalue weighted by Crippen LogP contribution is -2.10. The van der Waals surface area contributed by atoms with E-state index in [-0.39, 0.29) is 11.1 Å². The van der Waals surface area contributed by atoms with Gasteiger partial charge in [-0.3, -0.25) is 4.99 Å². The van der Waals surface area contributed by atoms with Crippen molar-refractivity contribution in [1.82, 2.24) is 9.97 Å². The molecule has 0 saturated heterocycles. The second kappa shape index (κ2) is 7.15. The Kier molecular flexibility index (Phi) is 4.34. The van der Waals surface area contributed by atoms with Crippen LogP contribution in [-0.4, -0.2) is 29.3 Å². The fourth-order valence-corrected chi connectivity index (χ4v) is 7.04. The van der Waals surface area contributed by atoms with Gasteiger partial charge in [0.05, 0.1) is 27.0 Å². The first-order chi connectivity index (χ1) is 15.5. The maximum atomic E-state index is 13.3. The lowest BCUT2D eigenvalue weighted by Gasteiger charge is -2.17. The van der Waals surface area contributed by atoms with Crippen molar-refractivity contribution in [3.05, 3.63) is 84.1 Å². The highest BCUT2D eigenvalue weighted by atomic mass is 32.2. The summed E-state index contributed by atoms with van der Waals surface area (Å²) in [6.07, 6.45) is 4.76. The standard InChI is InChI=1S/C24H16FN3O2S2/c25-16-4-1-14(2-5-16)23-19(12-26-23)15-3-8-20-18(11-15)24(28-13-27-20)21-9-10-22(31-21)32(29,30)17-6-7-17/h1-5,8-13,17H,6-7H2. The molecule has 2 aliphatic rings. The van der Waals surface area contributed by atoms with Crippen LogP contribution in [-0.2, 0) is 9.84 Å². The minimum Gasteiger partial charge on any atom is -0.255 e. The minimum absolute atomic E-state index is 0.238. The summed E-state index contributed by atoms with van der Waals surface area (Å²) >= 11 is 1.26. The maximum Gasteiger partial charge on any atom is 0.190 e. The van der Waals surface area contributed by atoms with Gasteiger partial charge in [0.15, 0.2) is 9.84 Å². The van der Waals surface area contributed by atoms with Crippen molar-refractivity contribution in [1.29, 1.82) is 0 Å². The quantitative estimate of drug-likeness (QED) is 0.406. The average Bonchev–Trinajstić information content (AvgIpc) is 3.52. The third-order valence-corrected chi connectivity index (χ3v) is 9.58. The van der Waals surface area contributed by atoms with Gasteiger partial charge in [-0.2, -0.15) is 0 Å². The highest BCUT2D eigenvalue weighted by Gasteiger charge is 2.38. The molecule has 0 unspecified atom stereocenters. The van der Waals surface area contributed by atoms with Gasteiger partial charge in [0.25, 0.3) is 0 Å². The molecule has 4 aromatic rings. The molecule has 6 rings (SSSR count). The largest absolute Gasteiger partial charge is 0.255 e. The Morgan fingerprint density at radius 1 is 0.938 bits per heavy atom. The van der Waals surface area contributed by atoms with Crippen molar-refractivity contribution in [2.45, 2.75) is 22.3 Å². The molecule has 2 aromatic carbocycles. The Morgan fingerprint density at radius 3 is 2.44 bits per heavy atom. The van der Waals surface area contributed by atoms with Gasteiger partial charge in [0, 0.05) is 22.7 Å². The van der Waals surface area contributed by atoms with Gasteiger partial charge in [0.1, 0.15) is 16.4 Å². The number of benzene rings is 2. The number of allylic oxidation sites excluding steroid dienone is 1. The summed E-state index contributed by atoms with van der Waals surface area (Å²) in [5, 5.41) is 0.603. The second-order valence-corrected chi connectivity index (χ2v) is 11.4. The van der Waals surface area contributed by atoms with Crippen LogP contribution in [0, 0.1) is 5.82 Å². The number of sulfone groups is 1. The summed E-state index contributed by atoms with van der Waals surface area (Å²) in [6.45, 7) is 0. The fraction of sp³-hybridized carbons (Fsp3) is 0.125. The summed E-state index contributed by atoms with van der Waals surface area (Å²) in [4.78, 5) is 14.0. The van der Waals surface area contributed by atoms with Crippen LogP contribution >= 0.6 is 11.3 Å². The predicted molar refractivity (Wildman–Crippen MR) is 124 cm³/mol. The second-order valence-electron chi connectivity index (χ2n) is 7.84. The smallest absolute Gasteiger partial charge is 0.190 e. The topological polar surface area (TPSA) is 72.3 Å². The van der Waals surface area contributed by atoms with Gasteiger partial charge in [-0.15, -0.1) is 11.3 Å². The number of nitrogens with zero attached hydrogens (tertiary/aromatic N) is 3. The molecule has 0 bridgehead atoms. The van der Waals surface area contributed by atoms with Gasteiger partial charge in [-0.1, -0.05) is 6.07 Å². The predicted octanol–water partition coefficient (Wildman–Crippen LogP) is 5.28. The number of hydrogen-bond donors (Lipinski definition) is 0. The molecule has 1 saturated carbocycles. The van der Waals surface area contributed by atoms with E-state index in [1.807, 2.05) is 24.3 Å². The Labute approximate surface area is 187 Å². The fourth-order valence-electron chi connectivity index (χ4n) is 3.81. The van der Waals surface area contributed by atoms with Gasteiger partial charge in [0.2, 0.25) is 0 Å². The molecule has 0 N–H and O–H groups in total. The van der Waals surface area contributed by atoms with Crippen molar-refractivity contribution in [2.24, 2.45) is 4.99 Å². The highest BCUT2D eigenvalue weighted by molar-refractivity contribution is 7.94. The first-order valence-electron chi connectivity index (χ1n) is 10.1. The van der Waals surface area contributed by atoms with Gasteiger partial charge in [-0.05, 0) is 66.9 Å². The summed E-state index contributed by atoms with van der Waals surface area (Å²) < 4.78 is 38.9. The Balaban J connectivity index is 1.39. The normalized spacial score (nSPS) is 15.9. The van der Waals surface area contributed by atoms with Crippen molar-refractivity contribution in [3.63, 3.8) is 0 Å². The molecule has 0 spiro atoms. The maximum absolute atomic E-state index is 13.3. The van der Waals surface area contributed by atoms with E-state index < -0.39 is 9.84 Å². The van der Waals surface area contributed by atoms with E-state index in [1.165, 1.54) is 29.8 Å². The monoisotopic (exact) mass is 461 g/mol. The molecule has 1 aliphatic carbocycles. The molecule has 32 heavy (non-hydrogen) atoms. The highest BCUT2D eigenvalue weighted by Crippen LogP contribution is 2.40. The van der Waals surface area contributed by atoms with E-state index in [4.69, 9.17) is 0 Å². The first-order valence-corrected chi connectivity index (χ1v) is 12.5. The number of hydrogen-bond acceptors (Lipinski definition) is 6. The van der Waals surface area contributed by atoms with Gasteiger partial charge < -0.3 is 0 Å². The minimum atomic E-state index is -3.24. The van der Waals surface area contributed by atoms with E-state index in [2.05, 4.69) is 15.0 Å². The zero-order valence-electron chi connectivity index (χ0n) is 16.7. The molecular weight excluding hydrogens is 445 g/mol. The molecule has 3 heterocycles. The van der Waals surface area contributed by atoms with E-state index in [0.29, 0.717) is 9.90 Å². The number of aromatic nitrogens is 2. The van der Waals surface area contributed by atoms with Crippen LogP contribution < -0.4 is 0 Å². The van der Waals surface area contributed by atoms with Crippen LogP contribution in [0.1, 0.15) is 24.0 Å². The van der Waals surface area contributed by atoms with Gasteiger partial charge >= 0.3 is 0 Å². The molecular formula is C24H16FN3O2S2. The van der Waals surface area contributed by atoms with Crippen LogP contribution in [0.15, 0.2) is 76.3 Å². The molecule has 8 heteroatoms. The van der Waals surface area contributed by atoms with Crippen molar-refractivity contribution >= 4 is 43.4 Å². The Hall–Kier alpha value is -3.23. The SMILES string of the molecule is O=S(=O)(c1ccc(-c2ncnc3ccc(C4=CN=C4c4ccc(F)cc4)cc23)s1)C1CC1. The zero-order valence-corrected chi connectivity index (χ0v) is 18.3. The van der Waals surface area contributed by atoms with Crippen LogP contribution in [0.4, 0.5) is 4.39 Å². The molecule has 0 radical (unpaired) electrons. The Bertz CT molecular complexity index is 1550. The number of fused-ring (bicyclic) bond motifs is 1. The van der Waals surface area contributed by atoms with Crippen molar-refractivity contribution < 1.29 is 12.8 Å². The third kappa shape index (κ3) is 3.18. The number of rotatable bonds is 5. The van der Waals surface area contributed by atoms with E-state index in [1.54, 1.807) is 24.4 Å². The molecule has 5 nitrogen and oxygen atoms in total. The van der Waals surface area contributed by atoms with E-state index in [0.717, 1.165) is 51.0 Å². The molecule has 1 fully saturated rings. The zero-order chi connectivity index (χ0) is 21.9.